The first-order valence-electron chi connectivity index (χ1n) is 12.4. The van der Waals surface area contributed by atoms with E-state index >= 15 is 17.6 Å². The Bertz CT molecular complexity index is 1740. The second-order valence-electron chi connectivity index (χ2n) is 9.37. The Labute approximate surface area is 251 Å². The van der Waals surface area contributed by atoms with Gasteiger partial charge in [-0.25, -0.2) is 0 Å². The van der Waals surface area contributed by atoms with E-state index in [1.165, 1.54) is 0 Å². The van der Waals surface area contributed by atoms with Crippen molar-refractivity contribution in [2.45, 2.75) is 0 Å². The van der Waals surface area contributed by atoms with Crippen LogP contribution in [0, 0.1) is 75.6 Å². The van der Waals surface area contributed by atoms with Gasteiger partial charge in [-0.05, 0) is 0 Å². The van der Waals surface area contributed by atoms with Crippen LogP contribution >= 0.6 is 0 Å². The number of hydrogen-bond donors (Lipinski definition) is 0. The van der Waals surface area contributed by atoms with Gasteiger partial charge >= 0.3 is 252 Å². The molecule has 0 radical (unpaired) electrons. The maximum absolute atomic E-state index is 15.4. The third kappa shape index (κ3) is 4.91. The van der Waals surface area contributed by atoms with E-state index < -0.39 is 116 Å². The fourth-order valence-electron chi connectivity index (χ4n) is 4.60. The fourth-order valence-corrected chi connectivity index (χ4v) is 17.9. The van der Waals surface area contributed by atoms with Gasteiger partial charge in [0.1, 0.15) is 0 Å². The quantitative estimate of drug-likeness (QED) is 0.0764. The second kappa shape index (κ2) is 11.8. The third-order valence-corrected chi connectivity index (χ3v) is 20.4. The van der Waals surface area contributed by atoms with E-state index in [9.17, 15) is 39.5 Å². The molecular formula is C30H12F13O2Sb. The Morgan fingerprint density at radius 2 is 0.478 bits per heavy atom. The summed E-state index contributed by atoms with van der Waals surface area (Å²) in [4.78, 5) is 0. The number of halogens is 13. The zero-order chi connectivity index (χ0) is 33.7. The predicted octanol–water partition coefficient (Wildman–Crippen LogP) is 7.07. The van der Waals surface area contributed by atoms with Gasteiger partial charge in [-0.2, -0.15) is 0 Å². The molecule has 0 aliphatic rings. The Morgan fingerprint density at radius 3 is 0.696 bits per heavy atom. The molecule has 5 aromatic carbocycles. The van der Waals surface area contributed by atoms with Crippen LogP contribution in [0.15, 0.2) is 72.8 Å². The molecule has 0 aromatic heterocycles. The van der Waals surface area contributed by atoms with Crippen LogP contribution < -0.4 is 16.6 Å². The molecule has 0 saturated carbocycles. The second-order valence-corrected chi connectivity index (χ2v) is 20.3. The van der Waals surface area contributed by atoms with Crippen molar-refractivity contribution in [3.63, 3.8) is 0 Å². The van der Waals surface area contributed by atoms with Crippen LogP contribution in [0.2, 0.25) is 0 Å². The molecule has 0 fully saturated rings. The summed E-state index contributed by atoms with van der Waals surface area (Å²) in [6, 6.07) is 7.83. The van der Waals surface area contributed by atoms with Gasteiger partial charge < -0.3 is 0 Å². The minimum absolute atomic E-state index is 0.609. The topological polar surface area (TPSA) is 18.5 Å². The van der Waals surface area contributed by atoms with Crippen LogP contribution in [0.5, 0.6) is 11.5 Å². The third-order valence-electron chi connectivity index (χ3n) is 6.76. The molecular weight excluding hydrogens is 761 g/mol. The van der Waals surface area contributed by atoms with Gasteiger partial charge in [0.05, 0.1) is 0 Å². The van der Waals surface area contributed by atoms with E-state index in [0.717, 1.165) is 0 Å². The average Bonchev–Trinajstić information content (AvgIpc) is 3.05. The van der Waals surface area contributed by atoms with Crippen molar-refractivity contribution in [2.24, 2.45) is 0 Å². The molecule has 5 rings (SSSR count). The molecule has 16 heteroatoms. The number of rotatable bonds is 7. The number of hydrogen-bond acceptors (Lipinski definition) is 2. The molecule has 240 valence electrons. The molecule has 0 bridgehead atoms. The normalized spacial score (nSPS) is 12.5. The summed E-state index contributed by atoms with van der Waals surface area (Å²) in [5, 5.41) is 0. The van der Waals surface area contributed by atoms with Crippen LogP contribution in [0.3, 0.4) is 0 Å². The molecule has 46 heavy (non-hydrogen) atoms. The van der Waals surface area contributed by atoms with Crippen LogP contribution in [-0.4, -0.2) is 18.2 Å². The average molecular weight is 773 g/mol. The fraction of sp³-hybridized carbons (Fsp3) is 0. The van der Waals surface area contributed by atoms with Gasteiger partial charge in [-0.1, -0.05) is 0 Å². The zero-order valence-electron chi connectivity index (χ0n) is 22.1. The Morgan fingerprint density at radius 1 is 0.283 bits per heavy atom. The van der Waals surface area contributed by atoms with Crippen molar-refractivity contribution < 1.29 is 63.1 Å². The Kier molecular flexibility index (Phi) is 8.43. The zero-order valence-corrected chi connectivity index (χ0v) is 24.7. The van der Waals surface area contributed by atoms with Gasteiger partial charge in [0.2, 0.25) is 0 Å². The standard InChI is InChI=1S/2C6HF5O.3C6H4F.Sb/c2*7-1-2(8)4(10)6(12)5(11)3(1)9;3*7-6-4-2-1-3-5-6;/h2*12H;3*2-5H;/q;;;;;+2/p-2. The van der Waals surface area contributed by atoms with Gasteiger partial charge in [0.15, 0.2) is 0 Å². The van der Waals surface area contributed by atoms with Gasteiger partial charge in [0.25, 0.3) is 0 Å². The summed E-state index contributed by atoms with van der Waals surface area (Å²) in [5.41, 5.74) is 0. The molecule has 0 spiro atoms. The van der Waals surface area contributed by atoms with Crippen molar-refractivity contribution in [3.8, 4) is 11.5 Å². The first-order valence-corrected chi connectivity index (χ1v) is 18.3. The molecule has 0 aliphatic heterocycles. The summed E-state index contributed by atoms with van der Waals surface area (Å²) < 4.78 is 200. The van der Waals surface area contributed by atoms with Crippen molar-refractivity contribution in [1.29, 1.82) is 0 Å². The van der Waals surface area contributed by atoms with E-state index in [1.54, 1.807) is 0 Å². The van der Waals surface area contributed by atoms with Crippen LogP contribution in [0.25, 0.3) is 0 Å². The van der Waals surface area contributed by atoms with E-state index in [4.69, 9.17) is 6.03 Å². The van der Waals surface area contributed by atoms with Crippen molar-refractivity contribution in [2.75, 3.05) is 0 Å². The van der Waals surface area contributed by atoms with E-state index in [0.29, 0.717) is 72.8 Å². The Hall–Kier alpha value is -4.39. The maximum atomic E-state index is 15.4. The van der Waals surface area contributed by atoms with Crippen molar-refractivity contribution in [1.82, 2.24) is 0 Å². The first kappa shape index (κ1) is 33.0. The molecule has 0 amide bonds. The summed E-state index contributed by atoms with van der Waals surface area (Å²) >= 11 is -7.97. The van der Waals surface area contributed by atoms with Gasteiger partial charge in [-0.3, -0.25) is 0 Å². The first-order chi connectivity index (χ1) is 21.6. The van der Waals surface area contributed by atoms with Crippen LogP contribution in [0.1, 0.15) is 0 Å². The van der Waals surface area contributed by atoms with Crippen LogP contribution in [0.4, 0.5) is 57.1 Å². The molecule has 0 saturated heterocycles. The van der Waals surface area contributed by atoms with Crippen LogP contribution in [-0.2, 0) is 0 Å². The van der Waals surface area contributed by atoms with Gasteiger partial charge in [0, 0.05) is 0 Å². The van der Waals surface area contributed by atoms with E-state index in [-0.39, 0.29) is 0 Å². The predicted molar refractivity (Wildman–Crippen MR) is 138 cm³/mol. The molecule has 0 atom stereocenters. The van der Waals surface area contributed by atoms with Gasteiger partial charge in [-0.15, -0.1) is 0 Å². The summed E-state index contributed by atoms with van der Waals surface area (Å²) in [5.74, 6) is -34.0. The van der Waals surface area contributed by atoms with E-state index in [2.05, 4.69) is 0 Å². The summed E-state index contributed by atoms with van der Waals surface area (Å²) in [7, 11) is 0. The minimum atomic E-state index is -7.97. The summed E-state index contributed by atoms with van der Waals surface area (Å²) in [6.07, 6.45) is 0. The monoisotopic (exact) mass is 772 g/mol. The molecule has 0 aliphatic carbocycles. The van der Waals surface area contributed by atoms with Crippen molar-refractivity contribution >= 4 is 28.8 Å². The Balaban J connectivity index is 2.10. The molecule has 2 nitrogen and oxygen atoms in total. The van der Waals surface area contributed by atoms with E-state index in [1.807, 2.05) is 0 Å². The molecule has 5 aromatic rings. The van der Waals surface area contributed by atoms with Crippen molar-refractivity contribution in [3.05, 3.63) is 148 Å². The molecule has 0 unspecified atom stereocenters. The molecule has 0 heterocycles. The summed E-state index contributed by atoms with van der Waals surface area (Å²) in [6.45, 7) is 0. The SMILES string of the molecule is Fc1cc[c]([Sb]([O]c2c(F)c(F)c(F)c(F)c2F)([O]c2c(F)c(F)c(F)c(F)c2F)([c]2ccc(F)cc2)[c]2ccc(F)cc2)cc1. The molecule has 0 N–H and O–H groups in total. The number of benzene rings is 5.